The van der Waals surface area contributed by atoms with Crippen LogP contribution >= 0.6 is 11.6 Å². The highest BCUT2D eigenvalue weighted by molar-refractivity contribution is 7.90. The summed E-state index contributed by atoms with van der Waals surface area (Å²) in [6, 6.07) is 8.75. The van der Waals surface area contributed by atoms with E-state index in [0.29, 0.717) is 10.7 Å². The Morgan fingerprint density at radius 1 is 1.43 bits per heavy atom. The molecule has 0 saturated carbocycles. The molecule has 3 N–H and O–H groups in total. The zero-order chi connectivity index (χ0) is 19.8. The van der Waals surface area contributed by atoms with Crippen LogP contribution in [0.5, 0.6) is 0 Å². The number of pyridine rings is 1. The number of amides is 1. The first-order chi connectivity index (χ1) is 13.4. The molecule has 1 aliphatic carbocycles. The second kappa shape index (κ2) is 7.62. The Labute approximate surface area is 171 Å². The van der Waals surface area contributed by atoms with Crippen LogP contribution in [0.3, 0.4) is 0 Å². The van der Waals surface area contributed by atoms with Gasteiger partial charge in [0.25, 0.3) is 5.91 Å². The molecule has 2 aliphatic rings. The van der Waals surface area contributed by atoms with Crippen molar-refractivity contribution in [1.29, 1.82) is 5.41 Å². The van der Waals surface area contributed by atoms with Gasteiger partial charge in [0.1, 0.15) is 11.7 Å². The van der Waals surface area contributed by atoms with Crippen LogP contribution in [0.4, 0.5) is 5.69 Å². The highest BCUT2D eigenvalue weighted by Crippen LogP contribution is 2.37. The first-order valence-corrected chi connectivity index (χ1v) is 10.5. The van der Waals surface area contributed by atoms with Crippen molar-refractivity contribution in [3.8, 4) is 0 Å². The van der Waals surface area contributed by atoms with Gasteiger partial charge < -0.3 is 15.2 Å². The van der Waals surface area contributed by atoms with Gasteiger partial charge >= 0.3 is 0 Å². The Hall–Kier alpha value is -2.29. The van der Waals surface area contributed by atoms with E-state index in [1.54, 1.807) is 19.2 Å². The van der Waals surface area contributed by atoms with E-state index in [9.17, 15) is 9.35 Å². The Kier molecular flexibility index (Phi) is 5.18. The maximum absolute atomic E-state index is 12.8. The molecule has 0 bridgehead atoms. The van der Waals surface area contributed by atoms with Gasteiger partial charge in [0, 0.05) is 18.3 Å². The lowest BCUT2D eigenvalue weighted by atomic mass is 9.98. The van der Waals surface area contributed by atoms with E-state index >= 15 is 0 Å². The number of anilines is 1. The summed E-state index contributed by atoms with van der Waals surface area (Å²) in [6.45, 7) is 0. The number of rotatable bonds is 2. The highest BCUT2D eigenvalue weighted by Gasteiger charge is 2.44. The molecule has 1 amide bonds. The normalized spacial score (nSPS) is 23.9. The third kappa shape index (κ3) is 3.55. The number of fused-ring (bicyclic) bond motifs is 3. The molecule has 28 heavy (non-hydrogen) atoms. The van der Waals surface area contributed by atoms with Gasteiger partial charge in [-0.3, -0.25) is 10.2 Å². The fraction of sp³-hybridized carbons (Fsp3) is 0.316. The van der Waals surface area contributed by atoms with Crippen molar-refractivity contribution < 1.29 is 9.35 Å². The number of nitrogens with zero attached hydrogens (tertiary/aromatic N) is 2. The lowest BCUT2D eigenvalue weighted by molar-refractivity contribution is 0.102. The maximum Gasteiger partial charge on any atom is 0.274 e. The molecule has 3 unspecified atom stereocenters. The molecule has 3 atom stereocenters. The number of benzene rings is 1. The quantitative estimate of drug-likeness (QED) is 0.652. The zero-order valence-corrected chi connectivity index (χ0v) is 16.8. The van der Waals surface area contributed by atoms with E-state index in [0.717, 1.165) is 30.4 Å². The van der Waals surface area contributed by atoms with Crippen LogP contribution in [0.25, 0.3) is 0 Å². The van der Waals surface area contributed by atoms with E-state index in [1.807, 2.05) is 18.2 Å². The highest BCUT2D eigenvalue weighted by atomic mass is 35.5. The SMILES string of the molecule is CN1C(=N)NC2c3cc(NC(=O)c4ccc(Cl)cn4)ccc3CCCC2[S+]1[O-]. The third-order valence-corrected chi connectivity index (χ3v) is 7.11. The summed E-state index contributed by atoms with van der Waals surface area (Å²) in [4.78, 5) is 16.5. The second-order valence-corrected chi connectivity index (χ2v) is 9.05. The van der Waals surface area contributed by atoms with Crippen molar-refractivity contribution in [3.05, 3.63) is 58.4 Å². The molecule has 7 nitrogen and oxygen atoms in total. The van der Waals surface area contributed by atoms with Gasteiger partial charge in [-0.05, 0) is 48.2 Å². The molecule has 1 aromatic heterocycles. The topological polar surface area (TPSA) is 104 Å². The van der Waals surface area contributed by atoms with E-state index in [-0.39, 0.29) is 28.9 Å². The fourth-order valence-corrected chi connectivity index (χ4v) is 5.24. The van der Waals surface area contributed by atoms with Crippen molar-refractivity contribution in [2.24, 2.45) is 0 Å². The number of carbonyl (C=O) groups excluding carboxylic acids is 1. The average Bonchev–Trinajstić information content (AvgIpc) is 2.86. The number of halogens is 1. The van der Waals surface area contributed by atoms with Crippen LogP contribution in [0.15, 0.2) is 36.5 Å². The Balaban J connectivity index is 1.62. The maximum atomic E-state index is 12.8. The molecule has 146 valence electrons. The number of nitrogens with one attached hydrogen (secondary N) is 3. The Bertz CT molecular complexity index is 923. The number of hydrogen-bond donors (Lipinski definition) is 3. The van der Waals surface area contributed by atoms with Gasteiger partial charge in [0.15, 0.2) is 5.25 Å². The summed E-state index contributed by atoms with van der Waals surface area (Å²) >= 11 is 4.56. The summed E-state index contributed by atoms with van der Waals surface area (Å²) in [6.07, 6.45) is 4.06. The van der Waals surface area contributed by atoms with Crippen molar-refractivity contribution >= 4 is 40.5 Å². The average molecular weight is 418 g/mol. The van der Waals surface area contributed by atoms with Crippen molar-refractivity contribution in [1.82, 2.24) is 14.6 Å². The molecule has 2 aromatic rings. The summed E-state index contributed by atoms with van der Waals surface area (Å²) in [5, 5.41) is 14.5. The lowest BCUT2D eigenvalue weighted by Crippen LogP contribution is -2.56. The molecule has 0 radical (unpaired) electrons. The first-order valence-electron chi connectivity index (χ1n) is 8.99. The van der Waals surface area contributed by atoms with E-state index in [2.05, 4.69) is 15.6 Å². The van der Waals surface area contributed by atoms with Gasteiger partial charge in [0.05, 0.1) is 23.4 Å². The standard InChI is InChI=1S/C19H20ClN5O2S/c1-25-19(21)24-17-14-9-13(23-18(26)15-8-6-12(20)10-22-15)7-5-11(14)3-2-4-16(17)28(25)27/h5-10,16-17H,2-4H2,1H3,(H2,21,24)(H,23,26). The number of guanidine groups is 1. The van der Waals surface area contributed by atoms with E-state index in [4.69, 9.17) is 17.0 Å². The molecule has 1 saturated heterocycles. The van der Waals surface area contributed by atoms with Crippen LogP contribution in [0.1, 0.15) is 40.5 Å². The number of carbonyl (C=O) groups is 1. The molecule has 0 spiro atoms. The molecule has 1 aromatic carbocycles. The van der Waals surface area contributed by atoms with Crippen molar-refractivity contribution in [2.75, 3.05) is 12.4 Å². The minimum atomic E-state index is -1.26. The van der Waals surface area contributed by atoms with Gasteiger partial charge in [-0.1, -0.05) is 17.7 Å². The second-order valence-electron chi connectivity index (χ2n) is 6.90. The molecule has 2 heterocycles. The smallest absolute Gasteiger partial charge is 0.274 e. The summed E-state index contributed by atoms with van der Waals surface area (Å²) in [7, 11) is 1.67. The van der Waals surface area contributed by atoms with Crippen LogP contribution in [-0.4, -0.2) is 38.0 Å². The summed E-state index contributed by atoms with van der Waals surface area (Å²) in [5.41, 5.74) is 3.05. The molecular weight excluding hydrogens is 398 g/mol. The minimum absolute atomic E-state index is 0.107. The largest absolute Gasteiger partial charge is 0.593 e. The minimum Gasteiger partial charge on any atom is -0.593 e. The summed E-state index contributed by atoms with van der Waals surface area (Å²) < 4.78 is 14.3. The molecule has 1 fully saturated rings. The van der Waals surface area contributed by atoms with Crippen LogP contribution in [0, 0.1) is 5.41 Å². The molecular formula is C19H20ClN5O2S. The van der Waals surface area contributed by atoms with Crippen molar-refractivity contribution in [2.45, 2.75) is 30.6 Å². The van der Waals surface area contributed by atoms with Crippen molar-refractivity contribution in [3.63, 3.8) is 0 Å². The molecule has 1 aliphatic heterocycles. The number of aromatic nitrogens is 1. The molecule has 4 rings (SSSR count). The fourth-order valence-electron chi connectivity index (χ4n) is 3.67. The zero-order valence-electron chi connectivity index (χ0n) is 15.2. The predicted octanol–water partition coefficient (Wildman–Crippen LogP) is 2.87. The van der Waals surface area contributed by atoms with Crippen LogP contribution in [-0.2, 0) is 17.8 Å². The predicted molar refractivity (Wildman–Crippen MR) is 110 cm³/mol. The van der Waals surface area contributed by atoms with Gasteiger partial charge in [-0.25, -0.2) is 4.98 Å². The van der Waals surface area contributed by atoms with Gasteiger partial charge in [0.2, 0.25) is 5.96 Å². The van der Waals surface area contributed by atoms with Crippen LogP contribution < -0.4 is 10.6 Å². The van der Waals surface area contributed by atoms with E-state index in [1.165, 1.54) is 10.5 Å². The van der Waals surface area contributed by atoms with E-state index < -0.39 is 11.4 Å². The monoisotopic (exact) mass is 417 g/mol. The van der Waals surface area contributed by atoms with Gasteiger partial charge in [-0.2, -0.15) is 4.31 Å². The summed E-state index contributed by atoms with van der Waals surface area (Å²) in [5.74, 6) is -0.179. The third-order valence-electron chi connectivity index (χ3n) is 5.14. The Morgan fingerprint density at radius 2 is 2.25 bits per heavy atom. The van der Waals surface area contributed by atoms with Gasteiger partial charge in [-0.15, -0.1) is 0 Å². The Morgan fingerprint density at radius 3 is 3.00 bits per heavy atom. The van der Waals surface area contributed by atoms with Crippen LogP contribution in [0.2, 0.25) is 5.02 Å². The lowest BCUT2D eigenvalue weighted by Gasteiger charge is -2.39. The number of aryl methyl sites for hydroxylation is 1. The molecule has 9 heteroatoms. The first kappa shape index (κ1) is 19.0. The number of hydrogen-bond acceptors (Lipinski definition) is 4.